The van der Waals surface area contributed by atoms with Crippen LogP contribution in [0.5, 0.6) is 0 Å². The Morgan fingerprint density at radius 3 is 2.37 bits per heavy atom. The summed E-state index contributed by atoms with van der Waals surface area (Å²) in [6.07, 6.45) is 1.29. The van der Waals surface area contributed by atoms with Crippen molar-refractivity contribution in [1.29, 1.82) is 0 Å². The number of nitrogens with zero attached hydrogens (tertiary/aromatic N) is 2. The van der Waals surface area contributed by atoms with Gasteiger partial charge in [0.15, 0.2) is 0 Å². The van der Waals surface area contributed by atoms with E-state index in [0.29, 0.717) is 5.56 Å². The number of likely N-dealkylation sites (N-methyl/N-ethyl adjacent to an activating group) is 1. The maximum absolute atomic E-state index is 12.9. The molecule has 5 nitrogen and oxygen atoms in total. The fourth-order valence-electron chi connectivity index (χ4n) is 2.12. The Hall–Kier alpha value is -2.37. The monoisotopic (exact) mass is 264 g/mol. The zero-order chi connectivity index (χ0) is 14.2. The maximum atomic E-state index is 12.9. The smallest absolute Gasteiger partial charge is 0.335 e. The highest BCUT2D eigenvalue weighted by Gasteiger charge is 2.35. The van der Waals surface area contributed by atoms with Gasteiger partial charge in [0.25, 0.3) is 0 Å². The van der Waals surface area contributed by atoms with Gasteiger partial charge in [-0.05, 0) is 17.7 Å². The predicted molar refractivity (Wildman–Crippen MR) is 65.8 cm³/mol. The second kappa shape index (κ2) is 4.72. The minimum atomic E-state index is -1.11. The minimum absolute atomic E-state index is 0.0659. The van der Waals surface area contributed by atoms with E-state index in [9.17, 15) is 19.1 Å². The number of benzene rings is 1. The SMILES string of the molecule is CN1C=C(C(=O)O)C(c2ccc(F)cc2)N(C)C1=O. The van der Waals surface area contributed by atoms with Crippen molar-refractivity contribution in [2.75, 3.05) is 14.1 Å². The predicted octanol–water partition coefficient (Wildman–Crippen LogP) is 1.83. The number of hydrogen-bond acceptors (Lipinski definition) is 2. The van der Waals surface area contributed by atoms with Gasteiger partial charge >= 0.3 is 12.0 Å². The molecule has 0 aliphatic carbocycles. The normalized spacial score (nSPS) is 19.4. The van der Waals surface area contributed by atoms with Crippen LogP contribution in [-0.2, 0) is 4.79 Å². The summed E-state index contributed by atoms with van der Waals surface area (Å²) < 4.78 is 12.9. The second-order valence-corrected chi connectivity index (χ2v) is 4.35. The summed E-state index contributed by atoms with van der Waals surface area (Å²) in [5, 5.41) is 9.24. The average molecular weight is 264 g/mol. The molecule has 1 aromatic carbocycles. The molecule has 1 aromatic rings. The molecule has 19 heavy (non-hydrogen) atoms. The maximum Gasteiger partial charge on any atom is 0.335 e. The number of carbonyl (C=O) groups excluding carboxylic acids is 1. The van der Waals surface area contributed by atoms with E-state index in [1.165, 1.54) is 54.4 Å². The van der Waals surface area contributed by atoms with Gasteiger partial charge in [0.05, 0.1) is 11.6 Å². The highest BCUT2D eigenvalue weighted by atomic mass is 19.1. The number of urea groups is 1. The fraction of sp³-hybridized carbons (Fsp3) is 0.231. The zero-order valence-electron chi connectivity index (χ0n) is 10.5. The van der Waals surface area contributed by atoms with Crippen LogP contribution in [0, 0.1) is 5.82 Å². The van der Waals surface area contributed by atoms with Gasteiger partial charge in [-0.2, -0.15) is 0 Å². The molecule has 1 N–H and O–H groups in total. The molecule has 0 radical (unpaired) electrons. The van der Waals surface area contributed by atoms with E-state index < -0.39 is 17.8 Å². The first-order valence-electron chi connectivity index (χ1n) is 5.62. The molecule has 0 saturated heterocycles. The summed E-state index contributed by atoms with van der Waals surface area (Å²) in [5.41, 5.74) is 0.621. The molecule has 100 valence electrons. The quantitative estimate of drug-likeness (QED) is 0.886. The molecule has 2 amide bonds. The van der Waals surface area contributed by atoms with Gasteiger partial charge in [-0.15, -0.1) is 0 Å². The molecule has 1 aliphatic rings. The average Bonchev–Trinajstić information content (AvgIpc) is 2.37. The third-order valence-corrected chi connectivity index (χ3v) is 3.05. The van der Waals surface area contributed by atoms with Crippen LogP contribution in [0.3, 0.4) is 0 Å². The van der Waals surface area contributed by atoms with Crippen LogP contribution in [0.25, 0.3) is 0 Å². The number of halogens is 1. The standard InChI is InChI=1S/C13H13FN2O3/c1-15-7-10(12(17)18)11(16(2)13(15)19)8-3-5-9(14)6-4-8/h3-7,11H,1-2H3,(H,17,18). The van der Waals surface area contributed by atoms with Gasteiger partial charge in [-0.25, -0.2) is 14.0 Å². The lowest BCUT2D eigenvalue weighted by atomic mass is 9.96. The molecule has 0 spiro atoms. The van der Waals surface area contributed by atoms with Crippen molar-refractivity contribution in [2.45, 2.75) is 6.04 Å². The van der Waals surface area contributed by atoms with E-state index in [4.69, 9.17) is 0 Å². The van der Waals surface area contributed by atoms with Crippen molar-refractivity contribution in [3.05, 3.63) is 47.4 Å². The molecule has 0 saturated carbocycles. The summed E-state index contributed by atoms with van der Waals surface area (Å²) in [6, 6.07) is 4.40. The van der Waals surface area contributed by atoms with Crippen molar-refractivity contribution in [3.63, 3.8) is 0 Å². The fourth-order valence-corrected chi connectivity index (χ4v) is 2.12. The summed E-state index contributed by atoms with van der Waals surface area (Å²) in [6.45, 7) is 0. The summed E-state index contributed by atoms with van der Waals surface area (Å²) in [4.78, 5) is 25.7. The topological polar surface area (TPSA) is 60.9 Å². The van der Waals surface area contributed by atoms with Crippen LogP contribution in [0.1, 0.15) is 11.6 Å². The minimum Gasteiger partial charge on any atom is -0.478 e. The van der Waals surface area contributed by atoms with E-state index in [2.05, 4.69) is 0 Å². The van der Waals surface area contributed by atoms with Gasteiger partial charge in [0.1, 0.15) is 5.82 Å². The van der Waals surface area contributed by atoms with Gasteiger partial charge in [0.2, 0.25) is 0 Å². The Morgan fingerprint density at radius 2 is 1.84 bits per heavy atom. The van der Waals surface area contributed by atoms with Crippen molar-refractivity contribution in [1.82, 2.24) is 9.80 Å². The highest BCUT2D eigenvalue weighted by molar-refractivity contribution is 5.92. The summed E-state index contributed by atoms with van der Waals surface area (Å²) >= 11 is 0. The van der Waals surface area contributed by atoms with E-state index in [1.54, 1.807) is 0 Å². The lowest BCUT2D eigenvalue weighted by Gasteiger charge is -2.36. The molecule has 1 unspecified atom stereocenters. The van der Waals surface area contributed by atoms with Crippen LogP contribution in [-0.4, -0.2) is 41.0 Å². The Morgan fingerprint density at radius 1 is 1.26 bits per heavy atom. The Kier molecular flexibility index (Phi) is 3.25. The van der Waals surface area contributed by atoms with Crippen molar-refractivity contribution < 1.29 is 19.1 Å². The zero-order valence-corrected chi connectivity index (χ0v) is 10.5. The third-order valence-electron chi connectivity index (χ3n) is 3.05. The molecular formula is C13H13FN2O3. The van der Waals surface area contributed by atoms with Crippen LogP contribution in [0.4, 0.5) is 9.18 Å². The number of carboxylic acid groups (broad SMARTS) is 1. The van der Waals surface area contributed by atoms with E-state index in [-0.39, 0.29) is 11.6 Å². The number of amides is 2. The van der Waals surface area contributed by atoms with Gasteiger partial charge in [-0.1, -0.05) is 12.1 Å². The lowest BCUT2D eigenvalue weighted by molar-refractivity contribution is -0.133. The lowest BCUT2D eigenvalue weighted by Crippen LogP contribution is -2.44. The summed E-state index contributed by atoms with van der Waals surface area (Å²) in [7, 11) is 3.01. The van der Waals surface area contributed by atoms with Crippen molar-refractivity contribution >= 4 is 12.0 Å². The highest BCUT2D eigenvalue weighted by Crippen LogP contribution is 2.32. The number of aliphatic carboxylic acids is 1. The first kappa shape index (κ1) is 13.1. The largest absolute Gasteiger partial charge is 0.478 e. The molecule has 0 aromatic heterocycles. The van der Waals surface area contributed by atoms with Crippen LogP contribution in [0.15, 0.2) is 36.0 Å². The number of hydrogen-bond donors (Lipinski definition) is 1. The summed E-state index contributed by atoms with van der Waals surface area (Å²) in [5.74, 6) is -1.52. The Bertz CT molecular complexity index is 554. The molecule has 1 atom stereocenters. The van der Waals surface area contributed by atoms with Crippen molar-refractivity contribution in [2.24, 2.45) is 0 Å². The number of carbonyl (C=O) groups is 2. The molecule has 1 heterocycles. The first-order chi connectivity index (χ1) is 8.91. The van der Waals surface area contributed by atoms with Gasteiger partial charge in [-0.3, -0.25) is 0 Å². The number of rotatable bonds is 2. The number of carboxylic acids is 1. The Balaban J connectivity index is 2.50. The third kappa shape index (κ3) is 2.29. The molecule has 0 fully saturated rings. The van der Waals surface area contributed by atoms with Crippen molar-refractivity contribution in [3.8, 4) is 0 Å². The molecule has 2 rings (SSSR count). The molecule has 1 aliphatic heterocycles. The van der Waals surface area contributed by atoms with Crippen LogP contribution >= 0.6 is 0 Å². The first-order valence-corrected chi connectivity index (χ1v) is 5.62. The molecular weight excluding hydrogens is 251 g/mol. The van der Waals surface area contributed by atoms with E-state index in [0.717, 1.165) is 0 Å². The van der Waals surface area contributed by atoms with Crippen LogP contribution in [0.2, 0.25) is 0 Å². The second-order valence-electron chi connectivity index (χ2n) is 4.35. The van der Waals surface area contributed by atoms with Gasteiger partial charge < -0.3 is 14.9 Å². The molecule has 0 bridgehead atoms. The molecule has 6 heteroatoms. The van der Waals surface area contributed by atoms with Crippen LogP contribution < -0.4 is 0 Å². The van der Waals surface area contributed by atoms with Gasteiger partial charge in [0, 0.05) is 20.3 Å². The van der Waals surface area contributed by atoms with E-state index >= 15 is 0 Å². The van der Waals surface area contributed by atoms with E-state index in [1.807, 2.05) is 0 Å². The Labute approximate surface area is 109 Å².